The average Bonchev–Trinajstić information content (AvgIpc) is 3.21. The van der Waals surface area contributed by atoms with Crippen LogP contribution in [0.4, 0.5) is 0 Å². The molecule has 0 radical (unpaired) electrons. The summed E-state index contributed by atoms with van der Waals surface area (Å²) in [5, 5.41) is 10.3. The largest absolute Gasteiger partial charge is 0.349 e. The highest BCUT2D eigenvalue weighted by Gasteiger charge is 2.11. The van der Waals surface area contributed by atoms with E-state index in [1.165, 1.54) is 0 Å². The van der Waals surface area contributed by atoms with Crippen LogP contribution in [0.1, 0.15) is 24.0 Å². The van der Waals surface area contributed by atoms with Gasteiger partial charge in [-0.05, 0) is 0 Å². The molecule has 23 heavy (non-hydrogen) atoms. The van der Waals surface area contributed by atoms with Gasteiger partial charge in [-0.3, -0.25) is 4.79 Å². The minimum absolute atomic E-state index is 0.146. The van der Waals surface area contributed by atoms with Crippen LogP contribution in [0.15, 0.2) is 39.4 Å². The Hall–Kier alpha value is -3.03. The quantitative estimate of drug-likeness (QED) is 0.737. The molecule has 2 heterocycles. The number of amides is 1. The monoisotopic (exact) mass is 313 g/mol. The van der Waals surface area contributed by atoms with Crippen LogP contribution in [0.5, 0.6) is 0 Å². The Labute approximate surface area is 131 Å². The first-order valence-electron chi connectivity index (χ1n) is 7.14. The molecule has 0 aliphatic carbocycles. The third kappa shape index (κ3) is 4.00. The molecule has 8 nitrogen and oxygen atoms in total. The summed E-state index contributed by atoms with van der Waals surface area (Å²) < 4.78 is 9.98. The summed E-state index contributed by atoms with van der Waals surface area (Å²) in [6.07, 6.45) is 0.615. The van der Waals surface area contributed by atoms with Gasteiger partial charge in [0.2, 0.25) is 23.5 Å². The van der Waals surface area contributed by atoms with Gasteiger partial charge in [0, 0.05) is 25.3 Å². The first kappa shape index (κ1) is 14.9. The minimum atomic E-state index is -0.146. The second kappa shape index (κ2) is 6.82. The number of carbonyl (C=O) groups excluding carboxylic acids is 1. The van der Waals surface area contributed by atoms with Crippen molar-refractivity contribution >= 4 is 5.91 Å². The lowest BCUT2D eigenvalue weighted by Gasteiger charge is -1.99. The fourth-order valence-corrected chi connectivity index (χ4v) is 1.96. The van der Waals surface area contributed by atoms with Crippen LogP contribution in [-0.2, 0) is 17.8 Å². The number of nitrogens with zero attached hydrogens (tertiary/aromatic N) is 4. The van der Waals surface area contributed by atoms with Crippen molar-refractivity contribution in [1.29, 1.82) is 0 Å². The number of aromatic nitrogens is 4. The van der Waals surface area contributed by atoms with Gasteiger partial charge in [0.1, 0.15) is 0 Å². The van der Waals surface area contributed by atoms with Crippen LogP contribution in [0, 0.1) is 6.92 Å². The normalized spacial score (nSPS) is 10.7. The molecule has 0 aliphatic rings. The molecule has 0 atom stereocenters. The molecular formula is C15H15N5O3. The van der Waals surface area contributed by atoms with E-state index in [4.69, 9.17) is 9.05 Å². The van der Waals surface area contributed by atoms with E-state index >= 15 is 0 Å². The van der Waals surface area contributed by atoms with Gasteiger partial charge in [-0.1, -0.05) is 40.6 Å². The minimum Gasteiger partial charge on any atom is -0.349 e. The third-order valence-corrected chi connectivity index (χ3v) is 3.08. The van der Waals surface area contributed by atoms with Gasteiger partial charge >= 0.3 is 0 Å². The van der Waals surface area contributed by atoms with Crippen molar-refractivity contribution in [3.8, 4) is 11.4 Å². The Kier molecular flexibility index (Phi) is 4.41. The molecule has 0 fully saturated rings. The van der Waals surface area contributed by atoms with Gasteiger partial charge in [-0.25, -0.2) is 0 Å². The zero-order valence-electron chi connectivity index (χ0n) is 12.5. The zero-order chi connectivity index (χ0) is 16.1. The topological polar surface area (TPSA) is 107 Å². The molecule has 1 amide bonds. The van der Waals surface area contributed by atoms with E-state index in [-0.39, 0.29) is 18.9 Å². The van der Waals surface area contributed by atoms with Gasteiger partial charge < -0.3 is 14.4 Å². The molecule has 0 bridgehead atoms. The lowest BCUT2D eigenvalue weighted by atomic mass is 10.2. The van der Waals surface area contributed by atoms with E-state index in [0.717, 1.165) is 5.56 Å². The molecule has 0 unspecified atom stereocenters. The molecule has 0 saturated carbocycles. The van der Waals surface area contributed by atoms with E-state index < -0.39 is 0 Å². The lowest BCUT2D eigenvalue weighted by Crippen LogP contribution is -2.23. The standard InChI is InChI=1S/C15H15N5O3/c1-10-17-12(19-22-10)9-16-13(21)7-8-14-18-15(20-23-14)11-5-3-2-4-6-11/h2-6H,7-9H2,1H3,(H,16,21). The molecule has 0 spiro atoms. The number of aryl methyl sites for hydroxylation is 2. The molecular weight excluding hydrogens is 298 g/mol. The van der Waals surface area contributed by atoms with Crippen LogP contribution in [0.3, 0.4) is 0 Å². The van der Waals surface area contributed by atoms with Gasteiger partial charge in [-0.15, -0.1) is 0 Å². The fraction of sp³-hybridized carbons (Fsp3) is 0.267. The SMILES string of the molecule is Cc1nc(CNC(=O)CCc2nc(-c3ccccc3)no2)no1. The predicted molar refractivity (Wildman–Crippen MR) is 78.9 cm³/mol. The Morgan fingerprint density at radius 2 is 1.96 bits per heavy atom. The van der Waals surface area contributed by atoms with Crippen LogP contribution >= 0.6 is 0 Å². The highest BCUT2D eigenvalue weighted by molar-refractivity contribution is 5.75. The maximum absolute atomic E-state index is 11.8. The highest BCUT2D eigenvalue weighted by Crippen LogP contribution is 2.15. The van der Waals surface area contributed by atoms with Crippen molar-refractivity contribution in [2.24, 2.45) is 0 Å². The molecule has 0 aliphatic heterocycles. The first-order valence-corrected chi connectivity index (χ1v) is 7.14. The van der Waals surface area contributed by atoms with Crippen LogP contribution in [0.25, 0.3) is 11.4 Å². The van der Waals surface area contributed by atoms with Crippen LogP contribution in [0.2, 0.25) is 0 Å². The molecule has 2 aromatic heterocycles. The zero-order valence-corrected chi connectivity index (χ0v) is 12.5. The van der Waals surface area contributed by atoms with E-state index in [0.29, 0.717) is 29.9 Å². The Morgan fingerprint density at radius 1 is 1.13 bits per heavy atom. The maximum atomic E-state index is 11.8. The van der Waals surface area contributed by atoms with Crippen molar-refractivity contribution in [2.75, 3.05) is 0 Å². The van der Waals surface area contributed by atoms with Crippen molar-refractivity contribution in [2.45, 2.75) is 26.3 Å². The Bertz CT molecular complexity index is 781. The number of nitrogens with one attached hydrogen (secondary N) is 1. The number of hydrogen-bond donors (Lipinski definition) is 1. The van der Waals surface area contributed by atoms with E-state index in [2.05, 4.69) is 25.6 Å². The first-order chi connectivity index (χ1) is 11.2. The van der Waals surface area contributed by atoms with Crippen molar-refractivity contribution in [3.63, 3.8) is 0 Å². The number of rotatable bonds is 6. The summed E-state index contributed by atoms with van der Waals surface area (Å²) in [7, 11) is 0. The molecule has 8 heteroatoms. The lowest BCUT2D eigenvalue weighted by molar-refractivity contribution is -0.121. The average molecular weight is 313 g/mol. The van der Waals surface area contributed by atoms with Gasteiger partial charge in [0.05, 0.1) is 6.54 Å². The molecule has 118 valence electrons. The summed E-state index contributed by atoms with van der Waals surface area (Å²) >= 11 is 0. The number of carbonyl (C=O) groups is 1. The maximum Gasteiger partial charge on any atom is 0.227 e. The Balaban J connectivity index is 1.48. The summed E-state index contributed by atoms with van der Waals surface area (Å²) in [5.41, 5.74) is 0.874. The molecule has 3 rings (SSSR count). The van der Waals surface area contributed by atoms with E-state index in [1.54, 1.807) is 6.92 Å². The second-order valence-electron chi connectivity index (χ2n) is 4.88. The summed E-state index contributed by atoms with van der Waals surface area (Å²) in [5.74, 6) is 1.71. The van der Waals surface area contributed by atoms with E-state index in [1.807, 2.05) is 30.3 Å². The van der Waals surface area contributed by atoms with E-state index in [9.17, 15) is 4.79 Å². The van der Waals surface area contributed by atoms with Crippen LogP contribution < -0.4 is 5.32 Å². The summed E-state index contributed by atoms with van der Waals surface area (Å²) in [6.45, 7) is 1.92. The van der Waals surface area contributed by atoms with Crippen molar-refractivity contribution in [3.05, 3.63) is 47.9 Å². The molecule has 1 aromatic carbocycles. The smallest absolute Gasteiger partial charge is 0.227 e. The highest BCUT2D eigenvalue weighted by atomic mass is 16.5. The molecule has 1 N–H and O–H groups in total. The van der Waals surface area contributed by atoms with Gasteiger partial charge in [0.25, 0.3) is 0 Å². The summed E-state index contributed by atoms with van der Waals surface area (Å²) in [4.78, 5) is 20.1. The van der Waals surface area contributed by atoms with Crippen LogP contribution in [-0.4, -0.2) is 26.2 Å². The fourth-order valence-electron chi connectivity index (χ4n) is 1.96. The Morgan fingerprint density at radius 3 is 2.70 bits per heavy atom. The third-order valence-electron chi connectivity index (χ3n) is 3.08. The van der Waals surface area contributed by atoms with Gasteiger partial charge in [-0.2, -0.15) is 9.97 Å². The number of benzene rings is 1. The van der Waals surface area contributed by atoms with Crippen molar-refractivity contribution in [1.82, 2.24) is 25.6 Å². The predicted octanol–water partition coefficient (Wildman–Crippen LogP) is 1.68. The van der Waals surface area contributed by atoms with Crippen molar-refractivity contribution < 1.29 is 13.8 Å². The second-order valence-corrected chi connectivity index (χ2v) is 4.88. The number of hydrogen-bond acceptors (Lipinski definition) is 7. The summed E-state index contributed by atoms with van der Waals surface area (Å²) in [6, 6.07) is 9.51. The molecule has 3 aromatic rings. The van der Waals surface area contributed by atoms with Gasteiger partial charge in [0.15, 0.2) is 5.82 Å². The molecule has 0 saturated heterocycles.